The van der Waals surface area contributed by atoms with Crippen LogP contribution in [0.15, 0.2) is 127 Å². The van der Waals surface area contributed by atoms with Gasteiger partial charge in [0.25, 0.3) is 0 Å². The highest BCUT2D eigenvalue weighted by atomic mass is 32.1. The molecule has 0 aliphatic carbocycles. The average molecular weight is 563 g/mol. The number of benzene rings is 4. The van der Waals surface area contributed by atoms with Crippen molar-refractivity contribution in [1.82, 2.24) is 4.98 Å². The summed E-state index contributed by atoms with van der Waals surface area (Å²) in [5.41, 5.74) is 6.18. The van der Waals surface area contributed by atoms with Crippen molar-refractivity contribution >= 4 is 51.4 Å². The zero-order valence-electron chi connectivity index (χ0n) is 21.8. The first-order chi connectivity index (χ1) is 20.2. The Labute approximate surface area is 246 Å². The second kappa shape index (κ2) is 11.9. The Morgan fingerprint density at radius 3 is 1.76 bits per heavy atom. The SMILES string of the molecule is N#CC(C#N)=c1nc(-c2ccccc2)/c(=C/c2ccc(-c3ccc(N(c4ccccc4)c4ccccc4)cc3)s2)s1. The van der Waals surface area contributed by atoms with Crippen molar-refractivity contribution in [2.75, 3.05) is 4.90 Å². The summed E-state index contributed by atoms with van der Waals surface area (Å²) < 4.78 is 1.35. The zero-order valence-corrected chi connectivity index (χ0v) is 23.4. The summed E-state index contributed by atoms with van der Waals surface area (Å²) in [7, 11) is 0. The third-order valence-corrected chi connectivity index (χ3v) is 8.58. The van der Waals surface area contributed by atoms with E-state index in [0.717, 1.165) is 48.2 Å². The monoisotopic (exact) mass is 562 g/mol. The van der Waals surface area contributed by atoms with E-state index in [9.17, 15) is 10.5 Å². The van der Waals surface area contributed by atoms with Gasteiger partial charge in [-0.3, -0.25) is 0 Å². The fourth-order valence-corrected chi connectivity index (χ4v) is 6.57. The number of para-hydroxylation sites is 2. The smallest absolute Gasteiger partial charge is 0.165 e. The van der Waals surface area contributed by atoms with Crippen LogP contribution in [0.1, 0.15) is 4.88 Å². The molecule has 0 unspecified atom stereocenters. The summed E-state index contributed by atoms with van der Waals surface area (Å²) in [6.45, 7) is 0. The molecule has 0 aliphatic heterocycles. The number of anilines is 3. The molecule has 6 rings (SSSR count). The standard InChI is InChI=1S/C35H22N4S2/c36-23-27(24-37)35-38-34(26-10-4-1-5-11-26)33(41-35)22-31-20-21-32(40-31)25-16-18-30(19-17-25)39(28-12-6-2-7-13-28)29-14-8-3-9-15-29/h1-22H/b33-22-. The van der Waals surface area contributed by atoms with E-state index in [2.05, 4.69) is 101 Å². The van der Waals surface area contributed by atoms with Crippen molar-refractivity contribution < 1.29 is 0 Å². The topological polar surface area (TPSA) is 63.7 Å². The van der Waals surface area contributed by atoms with E-state index >= 15 is 0 Å². The Morgan fingerprint density at radius 1 is 0.610 bits per heavy atom. The van der Waals surface area contributed by atoms with Gasteiger partial charge in [-0.05, 0) is 60.2 Å². The van der Waals surface area contributed by atoms with Crippen molar-refractivity contribution in [2.45, 2.75) is 0 Å². The lowest BCUT2D eigenvalue weighted by atomic mass is 10.1. The summed E-state index contributed by atoms with van der Waals surface area (Å²) in [6, 6.07) is 47.4. The van der Waals surface area contributed by atoms with Crippen LogP contribution in [0.3, 0.4) is 0 Å². The van der Waals surface area contributed by atoms with Gasteiger partial charge in [-0.25, -0.2) is 4.98 Å². The molecule has 6 aromatic rings. The van der Waals surface area contributed by atoms with Crippen LogP contribution in [0.4, 0.5) is 17.1 Å². The van der Waals surface area contributed by atoms with Gasteiger partial charge in [0.05, 0.1) is 10.2 Å². The molecule has 0 fully saturated rings. The predicted octanol–water partition coefficient (Wildman–Crippen LogP) is 8.04. The first kappa shape index (κ1) is 26.0. The molecule has 41 heavy (non-hydrogen) atoms. The summed E-state index contributed by atoms with van der Waals surface area (Å²) in [4.78, 5) is 9.14. The Balaban J connectivity index is 1.36. The molecule has 0 radical (unpaired) electrons. The molecule has 0 bridgehead atoms. The largest absolute Gasteiger partial charge is 0.311 e. The van der Waals surface area contributed by atoms with E-state index in [0.29, 0.717) is 4.66 Å². The number of hydrogen-bond donors (Lipinski definition) is 0. The fraction of sp³-hybridized carbons (Fsp3) is 0. The number of thiazole rings is 1. The van der Waals surface area contributed by atoms with E-state index in [4.69, 9.17) is 0 Å². The van der Waals surface area contributed by atoms with Gasteiger partial charge >= 0.3 is 0 Å². The molecular formula is C35H22N4S2. The molecule has 0 amide bonds. The molecule has 2 aromatic heterocycles. The van der Waals surface area contributed by atoms with Crippen LogP contribution in [0.5, 0.6) is 0 Å². The van der Waals surface area contributed by atoms with Crippen molar-refractivity contribution in [3.63, 3.8) is 0 Å². The minimum absolute atomic E-state index is 0.0267. The lowest BCUT2D eigenvalue weighted by Crippen LogP contribution is -2.09. The van der Waals surface area contributed by atoms with Crippen LogP contribution in [0, 0.1) is 22.7 Å². The van der Waals surface area contributed by atoms with Crippen molar-refractivity contribution in [2.24, 2.45) is 0 Å². The number of rotatable bonds is 6. The lowest BCUT2D eigenvalue weighted by molar-refractivity contribution is 1.28. The van der Waals surface area contributed by atoms with Crippen LogP contribution in [0.2, 0.25) is 0 Å². The number of nitriles is 2. The molecular weight excluding hydrogens is 541 g/mol. The maximum Gasteiger partial charge on any atom is 0.165 e. The number of hydrogen-bond acceptors (Lipinski definition) is 6. The number of thiophene rings is 1. The maximum atomic E-state index is 9.40. The van der Waals surface area contributed by atoms with Crippen molar-refractivity contribution in [3.8, 4) is 33.8 Å². The molecule has 0 saturated heterocycles. The average Bonchev–Trinajstić information content (AvgIpc) is 3.68. The minimum Gasteiger partial charge on any atom is -0.311 e. The third kappa shape index (κ3) is 5.57. The normalized spacial score (nSPS) is 11.0. The first-order valence-electron chi connectivity index (χ1n) is 12.9. The van der Waals surface area contributed by atoms with E-state index in [-0.39, 0.29) is 5.57 Å². The zero-order chi connectivity index (χ0) is 28.0. The highest BCUT2D eigenvalue weighted by molar-refractivity contribution is 7.16. The number of aromatic nitrogens is 1. The van der Waals surface area contributed by atoms with Gasteiger partial charge in [-0.1, -0.05) is 78.9 Å². The van der Waals surface area contributed by atoms with Gasteiger partial charge in [0.1, 0.15) is 16.8 Å². The summed E-state index contributed by atoms with van der Waals surface area (Å²) >= 11 is 3.06. The summed E-state index contributed by atoms with van der Waals surface area (Å²) in [5, 5.41) is 18.8. The molecule has 194 valence electrons. The van der Waals surface area contributed by atoms with E-state index in [1.54, 1.807) is 11.3 Å². The van der Waals surface area contributed by atoms with Gasteiger partial charge in [-0.15, -0.1) is 22.7 Å². The number of nitrogens with zero attached hydrogens (tertiary/aromatic N) is 4. The Morgan fingerprint density at radius 2 is 1.17 bits per heavy atom. The van der Waals surface area contributed by atoms with E-state index in [1.165, 1.54) is 11.3 Å². The van der Waals surface area contributed by atoms with Crippen LogP contribution < -0.4 is 14.1 Å². The molecule has 0 saturated carbocycles. The highest BCUT2D eigenvalue weighted by Gasteiger charge is 2.13. The van der Waals surface area contributed by atoms with Crippen LogP contribution in [0.25, 0.3) is 33.3 Å². The van der Waals surface area contributed by atoms with Crippen LogP contribution in [-0.2, 0) is 0 Å². The van der Waals surface area contributed by atoms with Gasteiger partial charge in [-0.2, -0.15) is 10.5 Å². The first-order valence-corrected chi connectivity index (χ1v) is 14.6. The quantitative estimate of drug-likeness (QED) is 0.206. The highest BCUT2D eigenvalue weighted by Crippen LogP contribution is 2.36. The molecule has 6 heteroatoms. The van der Waals surface area contributed by atoms with Crippen LogP contribution in [-0.4, -0.2) is 4.98 Å². The van der Waals surface area contributed by atoms with Gasteiger partial charge in [0.2, 0.25) is 0 Å². The van der Waals surface area contributed by atoms with Crippen molar-refractivity contribution in [3.05, 3.63) is 141 Å². The summed E-state index contributed by atoms with van der Waals surface area (Å²) in [5.74, 6) is 0. The van der Waals surface area contributed by atoms with E-state index in [1.807, 2.05) is 54.6 Å². The second-order valence-electron chi connectivity index (χ2n) is 9.10. The van der Waals surface area contributed by atoms with Gasteiger partial charge < -0.3 is 4.90 Å². The van der Waals surface area contributed by atoms with Crippen LogP contribution >= 0.6 is 22.7 Å². The predicted molar refractivity (Wildman–Crippen MR) is 169 cm³/mol. The fourth-order valence-electron chi connectivity index (χ4n) is 4.55. The summed E-state index contributed by atoms with van der Waals surface area (Å²) in [6.07, 6.45) is 2.09. The van der Waals surface area contributed by atoms with Crippen molar-refractivity contribution in [1.29, 1.82) is 10.5 Å². The Kier molecular flexibility index (Phi) is 7.51. The molecule has 0 aliphatic rings. The third-order valence-electron chi connectivity index (χ3n) is 6.48. The Bertz CT molecular complexity index is 1940. The molecule has 2 heterocycles. The second-order valence-corrected chi connectivity index (χ2v) is 11.2. The van der Waals surface area contributed by atoms with E-state index < -0.39 is 0 Å². The lowest BCUT2D eigenvalue weighted by Gasteiger charge is -2.25. The molecule has 0 atom stereocenters. The molecule has 0 spiro atoms. The van der Waals surface area contributed by atoms with Gasteiger partial charge in [0, 0.05) is 32.4 Å². The molecule has 4 aromatic carbocycles. The van der Waals surface area contributed by atoms with Gasteiger partial charge in [0.15, 0.2) is 5.57 Å². The molecule has 4 nitrogen and oxygen atoms in total. The minimum atomic E-state index is 0.0267. The molecule has 0 N–H and O–H groups in total. The maximum absolute atomic E-state index is 9.40. The Hall–Kier alpha value is -5.27.